The van der Waals surface area contributed by atoms with Crippen LogP contribution in [0.2, 0.25) is 0 Å². The minimum Gasteiger partial charge on any atom is -0.383 e. The number of thiazole rings is 1. The molecule has 10 heteroatoms. The zero-order valence-electron chi connectivity index (χ0n) is 16.2. The number of hydrogen-bond acceptors (Lipinski definition) is 5. The number of benzene rings is 1. The summed E-state index contributed by atoms with van der Waals surface area (Å²) in [6.45, 7) is 3.10. The summed E-state index contributed by atoms with van der Waals surface area (Å²) in [5.41, 5.74) is 2.38. The molecule has 29 heavy (non-hydrogen) atoms. The monoisotopic (exact) mass is 438 g/mol. The lowest BCUT2D eigenvalue weighted by Gasteiger charge is -2.16. The number of hydrogen-bond donors (Lipinski definition) is 3. The fourth-order valence-corrected chi connectivity index (χ4v) is 6.08. The van der Waals surface area contributed by atoms with E-state index in [1.165, 1.54) is 6.20 Å². The quantitative estimate of drug-likeness (QED) is 0.680. The Morgan fingerprint density at radius 2 is 1.79 bits per heavy atom. The summed E-state index contributed by atoms with van der Waals surface area (Å²) >= 11 is 0.952. The van der Waals surface area contributed by atoms with E-state index in [0.29, 0.717) is 47.5 Å². The Balaban J connectivity index is 1.67. The molecule has 2 aliphatic rings. The minimum atomic E-state index is -3.52. The molecule has 4 N–H and O–H groups in total. The number of urea groups is 1. The van der Waals surface area contributed by atoms with E-state index >= 15 is 0 Å². The Morgan fingerprint density at radius 3 is 2.31 bits per heavy atom. The lowest BCUT2D eigenvalue weighted by atomic mass is 9.98. The molecule has 0 saturated heterocycles. The van der Waals surface area contributed by atoms with Gasteiger partial charge in [-0.05, 0) is 74.6 Å². The highest BCUT2D eigenvalue weighted by atomic mass is 32.2. The Kier molecular flexibility index (Phi) is 5.01. The summed E-state index contributed by atoms with van der Waals surface area (Å²) in [5.74, 6) is -0.133. The van der Waals surface area contributed by atoms with Crippen molar-refractivity contribution in [1.29, 1.82) is 0 Å². The van der Waals surface area contributed by atoms with Crippen LogP contribution in [0, 0.1) is 5.82 Å². The number of fused-ring (bicyclic) bond motifs is 2. The third-order valence-corrected chi connectivity index (χ3v) is 8.51. The smallest absolute Gasteiger partial charge is 0.354 e. The van der Waals surface area contributed by atoms with Crippen LogP contribution in [0.5, 0.6) is 0 Å². The molecule has 1 atom stereocenters. The molecule has 4 rings (SSSR count). The summed E-state index contributed by atoms with van der Waals surface area (Å²) in [6, 6.07) is -0.828. The topological polar surface area (TPSA) is 118 Å². The number of anilines is 1. The van der Waals surface area contributed by atoms with Crippen LogP contribution in [0.25, 0.3) is 0 Å². The number of nitrogens with zero attached hydrogens (tertiary/aromatic N) is 2. The average molecular weight is 439 g/mol. The van der Waals surface area contributed by atoms with Crippen molar-refractivity contribution in [3.8, 4) is 0 Å². The normalized spacial score (nSPS) is 17.6. The predicted molar refractivity (Wildman–Crippen MR) is 110 cm³/mol. The number of nitrogens with one attached hydrogen (secondary N) is 1. The molecule has 1 unspecified atom stereocenters. The maximum absolute atomic E-state index is 14.8. The fraction of sp³-hybridized carbons (Fsp3) is 0.474. The second-order valence-electron chi connectivity index (χ2n) is 7.94. The van der Waals surface area contributed by atoms with Crippen molar-refractivity contribution in [2.75, 3.05) is 5.32 Å². The van der Waals surface area contributed by atoms with Crippen LogP contribution >= 0.6 is 11.3 Å². The van der Waals surface area contributed by atoms with Crippen molar-refractivity contribution in [1.82, 2.24) is 4.98 Å². The molecule has 1 aromatic carbocycles. The minimum absolute atomic E-state index is 0.110. The van der Waals surface area contributed by atoms with Crippen molar-refractivity contribution in [3.05, 3.63) is 39.3 Å². The first-order valence-electron chi connectivity index (χ1n) is 9.47. The SMILES string of the molecule is CC(C)(O)c1ncc(S(N)(=O)=NC(=O)Nc2c3c(c(F)c4c2CCC4)CCC3)s1. The molecule has 0 bridgehead atoms. The van der Waals surface area contributed by atoms with Gasteiger partial charge in [0.25, 0.3) is 0 Å². The molecule has 2 amide bonds. The molecule has 1 aromatic heterocycles. The summed E-state index contributed by atoms with van der Waals surface area (Å²) in [5, 5.41) is 18.9. The third-order valence-electron chi connectivity index (χ3n) is 5.32. The van der Waals surface area contributed by atoms with Crippen LogP contribution in [-0.4, -0.2) is 20.3 Å². The van der Waals surface area contributed by atoms with Crippen molar-refractivity contribution < 1.29 is 18.5 Å². The summed E-state index contributed by atoms with van der Waals surface area (Å²) < 4.78 is 31.4. The number of carbonyl (C=O) groups excluding carboxylic acids is 1. The number of carbonyl (C=O) groups is 1. The van der Waals surface area contributed by atoms with Gasteiger partial charge in [0.05, 0.1) is 6.20 Å². The molecular weight excluding hydrogens is 415 g/mol. The van der Waals surface area contributed by atoms with Crippen LogP contribution < -0.4 is 10.5 Å². The van der Waals surface area contributed by atoms with E-state index in [4.69, 9.17) is 5.14 Å². The molecule has 2 aliphatic carbocycles. The first kappa shape index (κ1) is 20.4. The molecule has 0 saturated carbocycles. The van der Waals surface area contributed by atoms with Gasteiger partial charge < -0.3 is 10.4 Å². The second-order valence-corrected chi connectivity index (χ2v) is 11.0. The van der Waals surface area contributed by atoms with Gasteiger partial charge in [-0.25, -0.2) is 23.5 Å². The standard InChI is InChI=1S/C19H23FN4O3S2/c1-19(2,26)17-22-9-14(28-17)29(21,27)24-18(25)23-16-12-7-3-5-10(12)15(20)11-6-4-8-13(11)16/h9,26H,3-8H2,1-2H3,(H3,21,23,24,25,27). The first-order valence-corrected chi connectivity index (χ1v) is 11.9. The van der Waals surface area contributed by atoms with Gasteiger partial charge in [-0.1, -0.05) is 0 Å². The van der Waals surface area contributed by atoms with Crippen molar-refractivity contribution >= 4 is 33.0 Å². The Hall–Kier alpha value is -1.88. The lowest BCUT2D eigenvalue weighted by molar-refractivity contribution is 0.0783. The molecule has 1 heterocycles. The van der Waals surface area contributed by atoms with Crippen LogP contribution in [-0.2, 0) is 41.2 Å². The Morgan fingerprint density at radius 1 is 1.24 bits per heavy atom. The van der Waals surface area contributed by atoms with Crippen molar-refractivity contribution in [2.24, 2.45) is 9.50 Å². The van der Waals surface area contributed by atoms with E-state index in [1.54, 1.807) is 13.8 Å². The molecular formula is C19H23FN4O3S2. The third kappa shape index (κ3) is 3.70. The highest BCUT2D eigenvalue weighted by Gasteiger charge is 2.30. The maximum atomic E-state index is 14.8. The number of aliphatic hydroxyl groups is 1. The Bertz CT molecular complexity index is 1090. The van der Waals surface area contributed by atoms with Gasteiger partial charge in [-0.15, -0.1) is 15.7 Å². The highest BCUT2D eigenvalue weighted by molar-refractivity contribution is 7.93. The molecule has 0 spiro atoms. The van der Waals surface area contributed by atoms with Gasteiger partial charge in [0.2, 0.25) is 0 Å². The summed E-state index contributed by atoms with van der Waals surface area (Å²) in [4.78, 5) is 16.6. The zero-order chi connectivity index (χ0) is 21.0. The average Bonchev–Trinajstić information content (AvgIpc) is 3.37. The predicted octanol–water partition coefficient (Wildman–Crippen LogP) is 3.42. The van der Waals surface area contributed by atoms with E-state index in [1.807, 2.05) is 0 Å². The van der Waals surface area contributed by atoms with Crippen molar-refractivity contribution in [2.45, 2.75) is 62.2 Å². The summed E-state index contributed by atoms with van der Waals surface area (Å²) in [6.07, 6.45) is 5.64. The number of aromatic nitrogens is 1. The summed E-state index contributed by atoms with van der Waals surface area (Å²) in [7, 11) is -3.52. The second kappa shape index (κ2) is 7.12. The highest BCUT2D eigenvalue weighted by Crippen LogP contribution is 2.41. The van der Waals surface area contributed by atoms with Crippen LogP contribution in [0.3, 0.4) is 0 Å². The van der Waals surface area contributed by atoms with Crippen LogP contribution in [0.4, 0.5) is 14.9 Å². The van der Waals surface area contributed by atoms with E-state index in [2.05, 4.69) is 14.7 Å². The fourth-order valence-electron chi connectivity index (χ4n) is 4.01. The molecule has 156 valence electrons. The van der Waals surface area contributed by atoms with Crippen LogP contribution in [0.1, 0.15) is 54.0 Å². The Labute approximate surface area is 172 Å². The van der Waals surface area contributed by atoms with Crippen molar-refractivity contribution in [3.63, 3.8) is 0 Å². The number of rotatable bonds is 3. The molecule has 2 aromatic rings. The number of halogens is 1. The van der Waals surface area contributed by atoms with Gasteiger partial charge in [0, 0.05) is 5.69 Å². The zero-order valence-corrected chi connectivity index (χ0v) is 17.9. The van der Waals surface area contributed by atoms with Gasteiger partial charge in [-0.3, -0.25) is 0 Å². The van der Waals surface area contributed by atoms with Gasteiger partial charge in [-0.2, -0.15) is 0 Å². The van der Waals surface area contributed by atoms with E-state index in [0.717, 1.165) is 35.3 Å². The number of nitrogens with two attached hydrogens (primary N) is 1. The lowest BCUT2D eigenvalue weighted by Crippen LogP contribution is -2.18. The first-order chi connectivity index (χ1) is 13.6. The van der Waals surface area contributed by atoms with E-state index in [9.17, 15) is 18.5 Å². The van der Waals surface area contributed by atoms with E-state index < -0.39 is 21.5 Å². The van der Waals surface area contributed by atoms with Crippen LogP contribution in [0.15, 0.2) is 14.8 Å². The molecule has 7 nitrogen and oxygen atoms in total. The largest absolute Gasteiger partial charge is 0.383 e. The van der Waals surface area contributed by atoms with Gasteiger partial charge in [0.15, 0.2) is 9.92 Å². The molecule has 0 fully saturated rings. The molecule has 0 radical (unpaired) electrons. The van der Waals surface area contributed by atoms with Gasteiger partial charge >= 0.3 is 6.03 Å². The van der Waals surface area contributed by atoms with Gasteiger partial charge in [0.1, 0.15) is 20.6 Å². The molecule has 0 aliphatic heterocycles. The number of amides is 2. The maximum Gasteiger partial charge on any atom is 0.354 e. The van der Waals surface area contributed by atoms with E-state index in [-0.39, 0.29) is 10.0 Å².